The lowest BCUT2D eigenvalue weighted by atomic mass is 10.1. The Labute approximate surface area is 187 Å². The Morgan fingerprint density at radius 3 is 2.38 bits per heavy atom. The van der Waals surface area contributed by atoms with Crippen molar-refractivity contribution < 1.29 is 22.4 Å². The molecule has 0 spiro atoms. The molecular weight excluding hydrogens is 541 g/mol. The van der Waals surface area contributed by atoms with E-state index in [1.54, 1.807) is 52.9 Å². The van der Waals surface area contributed by atoms with Crippen LogP contribution in [0.5, 0.6) is 0 Å². The summed E-state index contributed by atoms with van der Waals surface area (Å²) in [5, 5.41) is 3.13. The molecule has 0 aliphatic heterocycles. The minimum absolute atomic E-state index is 0.318. The number of carbonyl (C=O) groups is 1. The van der Waals surface area contributed by atoms with E-state index in [0.29, 0.717) is 30.7 Å². The molecule has 29 heavy (non-hydrogen) atoms. The summed E-state index contributed by atoms with van der Waals surface area (Å²) in [7, 11) is 0. The number of amides is 1. The quantitative estimate of drug-likeness (QED) is 0.269. The van der Waals surface area contributed by atoms with Gasteiger partial charge in [-0.1, -0.05) is 23.2 Å². The van der Waals surface area contributed by atoms with E-state index in [-0.39, 0.29) is 5.69 Å². The van der Waals surface area contributed by atoms with Gasteiger partial charge in [0.15, 0.2) is 0 Å². The molecule has 2 aromatic carbocycles. The number of carbonyl (C=O) groups excluding carboxylic acids is 1. The summed E-state index contributed by atoms with van der Waals surface area (Å²) in [6.45, 7) is 0. The van der Waals surface area contributed by atoms with Gasteiger partial charge in [0, 0.05) is 25.3 Å². The zero-order valence-electron chi connectivity index (χ0n) is 14.4. The first kappa shape index (κ1) is 21.7. The summed E-state index contributed by atoms with van der Waals surface area (Å²) in [6.07, 6.45) is -2.14. The fourth-order valence-electron chi connectivity index (χ4n) is 2.49. The van der Waals surface area contributed by atoms with Gasteiger partial charge >= 0.3 is 6.18 Å². The Kier molecular flexibility index (Phi) is 6.60. The maximum Gasteiger partial charge on any atom is 0.418 e. The first-order valence-electron chi connectivity index (χ1n) is 8.04. The van der Waals surface area contributed by atoms with Crippen LogP contribution >= 0.6 is 45.8 Å². The molecule has 0 radical (unpaired) electrons. The second kappa shape index (κ2) is 8.81. The standard InChI is InChI=1S/C20H11Cl2F3INO2/c21-12-7-11(8-13(22)9-12)18-5-2-15(29-18)3-6-19(28)27-17-4-1-14(26)10-16(17)20(23,24)25/h1-10H,(H,27,28)/b6-3+. The van der Waals surface area contributed by atoms with Crippen LogP contribution in [0.15, 0.2) is 59.0 Å². The molecule has 0 atom stereocenters. The molecular formula is C20H11Cl2F3INO2. The molecule has 0 saturated heterocycles. The normalized spacial score (nSPS) is 11.8. The predicted octanol–water partition coefficient (Wildman–Crippen LogP) is 7.53. The summed E-state index contributed by atoms with van der Waals surface area (Å²) in [4.78, 5) is 12.1. The van der Waals surface area contributed by atoms with Crippen LogP contribution in [0.3, 0.4) is 0 Å². The Morgan fingerprint density at radius 1 is 1.03 bits per heavy atom. The largest absolute Gasteiger partial charge is 0.457 e. The van der Waals surface area contributed by atoms with Gasteiger partial charge in [0.1, 0.15) is 11.5 Å². The van der Waals surface area contributed by atoms with Crippen LogP contribution in [0.2, 0.25) is 10.0 Å². The Hall–Kier alpha value is -1.97. The Bertz CT molecular complexity index is 1070. The van der Waals surface area contributed by atoms with Crippen molar-refractivity contribution in [2.24, 2.45) is 0 Å². The number of hydrogen-bond acceptors (Lipinski definition) is 2. The second-order valence-electron chi connectivity index (χ2n) is 5.87. The lowest BCUT2D eigenvalue weighted by Crippen LogP contribution is -2.14. The van der Waals surface area contributed by atoms with Gasteiger partial charge in [-0.3, -0.25) is 4.79 Å². The van der Waals surface area contributed by atoms with Gasteiger partial charge in [0.05, 0.1) is 11.3 Å². The summed E-state index contributed by atoms with van der Waals surface area (Å²) in [5.74, 6) is 0.0943. The van der Waals surface area contributed by atoms with E-state index in [1.807, 2.05) is 0 Å². The molecule has 0 saturated carbocycles. The molecule has 1 amide bonds. The maximum absolute atomic E-state index is 13.1. The molecule has 3 rings (SSSR count). The van der Waals surface area contributed by atoms with Crippen molar-refractivity contribution in [1.29, 1.82) is 0 Å². The van der Waals surface area contributed by atoms with E-state index in [4.69, 9.17) is 27.6 Å². The monoisotopic (exact) mass is 551 g/mol. The molecule has 1 N–H and O–H groups in total. The number of rotatable bonds is 4. The van der Waals surface area contributed by atoms with Crippen LogP contribution in [0.4, 0.5) is 18.9 Å². The predicted molar refractivity (Wildman–Crippen MR) is 116 cm³/mol. The van der Waals surface area contributed by atoms with E-state index >= 15 is 0 Å². The third-order valence-electron chi connectivity index (χ3n) is 3.72. The van der Waals surface area contributed by atoms with E-state index in [1.165, 1.54) is 18.2 Å². The highest BCUT2D eigenvalue weighted by atomic mass is 127. The number of furan rings is 1. The van der Waals surface area contributed by atoms with E-state index in [2.05, 4.69) is 5.32 Å². The van der Waals surface area contributed by atoms with Gasteiger partial charge in [-0.15, -0.1) is 0 Å². The highest BCUT2D eigenvalue weighted by Crippen LogP contribution is 2.36. The molecule has 0 bridgehead atoms. The molecule has 150 valence electrons. The third-order valence-corrected chi connectivity index (χ3v) is 4.83. The number of benzene rings is 2. The van der Waals surface area contributed by atoms with E-state index < -0.39 is 17.6 Å². The summed E-state index contributed by atoms with van der Waals surface area (Å²) < 4.78 is 45.5. The van der Waals surface area contributed by atoms with Crippen LogP contribution in [0, 0.1) is 3.57 Å². The molecule has 0 aliphatic carbocycles. The van der Waals surface area contributed by atoms with Crippen molar-refractivity contribution in [1.82, 2.24) is 0 Å². The Morgan fingerprint density at radius 2 is 1.72 bits per heavy atom. The fraction of sp³-hybridized carbons (Fsp3) is 0.0500. The lowest BCUT2D eigenvalue weighted by Gasteiger charge is -2.13. The molecule has 1 heterocycles. The van der Waals surface area contributed by atoms with Crippen molar-refractivity contribution in [2.75, 3.05) is 5.32 Å². The van der Waals surface area contributed by atoms with Crippen LogP contribution in [0.25, 0.3) is 17.4 Å². The summed E-state index contributed by atoms with van der Waals surface area (Å²) in [5.41, 5.74) is -0.578. The first-order valence-corrected chi connectivity index (χ1v) is 9.87. The van der Waals surface area contributed by atoms with Gasteiger partial charge in [-0.05, 0) is 77.2 Å². The minimum atomic E-state index is -4.58. The molecule has 0 fully saturated rings. The fourth-order valence-corrected chi connectivity index (χ4v) is 3.50. The molecule has 3 nitrogen and oxygen atoms in total. The molecule has 1 aromatic heterocycles. The van der Waals surface area contributed by atoms with Gasteiger partial charge in [-0.2, -0.15) is 13.2 Å². The molecule has 0 unspecified atom stereocenters. The van der Waals surface area contributed by atoms with Crippen molar-refractivity contribution >= 4 is 63.5 Å². The van der Waals surface area contributed by atoms with Crippen LogP contribution in [-0.2, 0) is 11.0 Å². The van der Waals surface area contributed by atoms with Gasteiger partial charge in [0.25, 0.3) is 0 Å². The number of nitrogens with one attached hydrogen (secondary N) is 1. The van der Waals surface area contributed by atoms with Gasteiger partial charge in [0.2, 0.25) is 5.91 Å². The van der Waals surface area contributed by atoms with Crippen LogP contribution < -0.4 is 5.32 Å². The highest BCUT2D eigenvalue weighted by Gasteiger charge is 2.34. The van der Waals surface area contributed by atoms with Gasteiger partial charge in [-0.25, -0.2) is 0 Å². The molecule has 9 heteroatoms. The van der Waals surface area contributed by atoms with E-state index in [0.717, 1.165) is 12.1 Å². The van der Waals surface area contributed by atoms with E-state index in [9.17, 15) is 18.0 Å². The van der Waals surface area contributed by atoms with Gasteiger partial charge < -0.3 is 9.73 Å². The van der Waals surface area contributed by atoms with Crippen molar-refractivity contribution in [3.05, 3.63) is 79.5 Å². The number of hydrogen-bond donors (Lipinski definition) is 1. The average Bonchev–Trinajstić information content (AvgIpc) is 3.09. The topological polar surface area (TPSA) is 42.2 Å². The smallest absolute Gasteiger partial charge is 0.418 e. The van der Waals surface area contributed by atoms with Crippen molar-refractivity contribution in [3.63, 3.8) is 0 Å². The summed E-state index contributed by atoms with van der Waals surface area (Å²) >= 11 is 13.7. The minimum Gasteiger partial charge on any atom is -0.457 e. The highest BCUT2D eigenvalue weighted by molar-refractivity contribution is 14.1. The lowest BCUT2D eigenvalue weighted by molar-refractivity contribution is -0.137. The first-order chi connectivity index (χ1) is 13.6. The Balaban J connectivity index is 1.75. The van der Waals surface area contributed by atoms with Crippen LogP contribution in [-0.4, -0.2) is 5.91 Å². The SMILES string of the molecule is O=C(/C=C/c1ccc(-c2cc(Cl)cc(Cl)c2)o1)Nc1ccc(I)cc1C(F)(F)F. The molecule has 0 aliphatic rings. The maximum atomic E-state index is 13.1. The zero-order valence-corrected chi connectivity index (χ0v) is 18.0. The number of alkyl halides is 3. The summed E-state index contributed by atoms with van der Waals surface area (Å²) in [6, 6.07) is 11.9. The number of anilines is 1. The van der Waals surface area contributed by atoms with Crippen molar-refractivity contribution in [3.8, 4) is 11.3 Å². The zero-order chi connectivity index (χ0) is 21.2. The third kappa shape index (κ3) is 5.77. The number of halogens is 6. The average molecular weight is 552 g/mol. The second-order valence-corrected chi connectivity index (χ2v) is 7.99. The van der Waals surface area contributed by atoms with Crippen molar-refractivity contribution in [2.45, 2.75) is 6.18 Å². The van der Waals surface area contributed by atoms with Crippen LogP contribution in [0.1, 0.15) is 11.3 Å². The molecule has 3 aromatic rings.